The normalized spacial score (nSPS) is 12.2. The smallest absolute Gasteiger partial charge is 0.130 e. The second kappa shape index (κ2) is 4.89. The van der Waals surface area contributed by atoms with E-state index in [1.165, 1.54) is 12.1 Å². The minimum Gasteiger partial charge on any atom is -0.394 e. The predicted octanol–water partition coefficient (Wildman–Crippen LogP) is 2.17. The lowest BCUT2D eigenvalue weighted by Crippen LogP contribution is -2.43. The first-order chi connectivity index (χ1) is 7.36. The molecule has 0 bridgehead atoms. The highest BCUT2D eigenvalue weighted by Crippen LogP contribution is 2.17. The minimum absolute atomic E-state index is 0.0215. The Kier molecular flexibility index (Phi) is 3.99. The van der Waals surface area contributed by atoms with Crippen molar-refractivity contribution in [2.45, 2.75) is 25.9 Å². The summed E-state index contributed by atoms with van der Waals surface area (Å²) in [6.45, 7) is 4.02. The van der Waals surface area contributed by atoms with Gasteiger partial charge in [0.05, 0.1) is 6.61 Å². The quantitative estimate of drug-likeness (QED) is 0.855. The molecule has 1 N–H and O–H groups in total. The van der Waals surface area contributed by atoms with E-state index in [0.29, 0.717) is 12.1 Å². The summed E-state index contributed by atoms with van der Waals surface area (Å²) >= 11 is 0. The molecule has 0 aromatic heterocycles. The van der Waals surface area contributed by atoms with Crippen LogP contribution in [0.4, 0.5) is 8.78 Å². The van der Waals surface area contributed by atoms with Crippen molar-refractivity contribution in [3.8, 4) is 0 Å². The van der Waals surface area contributed by atoms with Crippen LogP contribution in [-0.4, -0.2) is 29.2 Å². The first-order valence-corrected chi connectivity index (χ1v) is 5.13. The molecule has 0 aliphatic rings. The molecule has 1 aromatic carbocycles. The molecule has 0 unspecified atom stereocenters. The van der Waals surface area contributed by atoms with Gasteiger partial charge in [-0.15, -0.1) is 0 Å². The standard InChI is InChI=1S/C12H17F2NO/c1-12(2,8-16)15(3)7-9-4-5-10(13)6-11(9)14/h4-6,16H,7-8H2,1-3H3. The van der Waals surface area contributed by atoms with Crippen LogP contribution in [0.3, 0.4) is 0 Å². The van der Waals surface area contributed by atoms with Crippen LogP contribution in [0.5, 0.6) is 0 Å². The van der Waals surface area contributed by atoms with Crippen molar-refractivity contribution in [1.82, 2.24) is 4.90 Å². The molecular formula is C12H17F2NO. The number of hydrogen-bond donors (Lipinski definition) is 1. The molecule has 0 amide bonds. The Labute approximate surface area is 94.5 Å². The summed E-state index contributed by atoms with van der Waals surface area (Å²) in [6, 6.07) is 3.53. The van der Waals surface area contributed by atoms with Crippen LogP contribution in [0.15, 0.2) is 18.2 Å². The number of likely N-dealkylation sites (N-methyl/N-ethyl adjacent to an activating group) is 1. The SMILES string of the molecule is CN(Cc1ccc(F)cc1F)C(C)(C)CO. The summed E-state index contributed by atoms with van der Waals surface area (Å²) < 4.78 is 26.1. The summed E-state index contributed by atoms with van der Waals surface area (Å²) in [7, 11) is 1.79. The van der Waals surface area contributed by atoms with Gasteiger partial charge in [-0.25, -0.2) is 8.78 Å². The fourth-order valence-corrected chi connectivity index (χ4v) is 1.24. The van der Waals surface area contributed by atoms with Gasteiger partial charge >= 0.3 is 0 Å². The van der Waals surface area contributed by atoms with Crippen molar-refractivity contribution >= 4 is 0 Å². The summed E-state index contributed by atoms with van der Waals surface area (Å²) in [5, 5.41) is 9.16. The number of rotatable bonds is 4. The maximum Gasteiger partial charge on any atom is 0.130 e. The maximum absolute atomic E-state index is 13.4. The Morgan fingerprint density at radius 3 is 2.44 bits per heavy atom. The van der Waals surface area contributed by atoms with E-state index in [-0.39, 0.29) is 6.61 Å². The van der Waals surface area contributed by atoms with Gasteiger partial charge in [-0.05, 0) is 27.0 Å². The van der Waals surface area contributed by atoms with Crippen molar-refractivity contribution in [2.75, 3.05) is 13.7 Å². The Bertz CT molecular complexity index is 366. The van der Waals surface area contributed by atoms with Crippen LogP contribution in [-0.2, 0) is 6.54 Å². The summed E-state index contributed by atoms with van der Waals surface area (Å²) in [5.41, 5.74) is -0.00805. The second-order valence-electron chi connectivity index (χ2n) is 4.56. The Morgan fingerprint density at radius 2 is 1.94 bits per heavy atom. The number of aliphatic hydroxyl groups is 1. The molecule has 1 aromatic rings. The molecule has 0 atom stereocenters. The van der Waals surface area contributed by atoms with Gasteiger partial charge in [0.2, 0.25) is 0 Å². The molecule has 0 saturated carbocycles. The summed E-state index contributed by atoms with van der Waals surface area (Å²) in [6.07, 6.45) is 0. The molecule has 0 saturated heterocycles. The molecule has 0 spiro atoms. The first kappa shape index (κ1) is 13.1. The van der Waals surface area contributed by atoms with Crippen LogP contribution in [0, 0.1) is 11.6 Å². The molecule has 0 fully saturated rings. The van der Waals surface area contributed by atoms with Gasteiger partial charge in [0, 0.05) is 23.7 Å². The van der Waals surface area contributed by atoms with Gasteiger partial charge in [0.1, 0.15) is 11.6 Å². The number of hydrogen-bond acceptors (Lipinski definition) is 2. The number of halogens is 2. The number of nitrogens with zero attached hydrogens (tertiary/aromatic N) is 1. The van der Waals surface area contributed by atoms with Gasteiger partial charge in [0.25, 0.3) is 0 Å². The minimum atomic E-state index is -0.578. The number of benzene rings is 1. The zero-order valence-corrected chi connectivity index (χ0v) is 9.80. The number of aliphatic hydroxyl groups excluding tert-OH is 1. The zero-order valence-electron chi connectivity index (χ0n) is 9.80. The maximum atomic E-state index is 13.4. The fourth-order valence-electron chi connectivity index (χ4n) is 1.24. The predicted molar refractivity (Wildman–Crippen MR) is 59.0 cm³/mol. The highest BCUT2D eigenvalue weighted by Gasteiger charge is 2.23. The molecule has 16 heavy (non-hydrogen) atoms. The third kappa shape index (κ3) is 3.00. The molecule has 4 heteroatoms. The molecule has 0 aliphatic carbocycles. The summed E-state index contributed by atoms with van der Waals surface area (Å²) in [4.78, 5) is 1.82. The lowest BCUT2D eigenvalue weighted by molar-refractivity contribution is 0.0725. The molecule has 1 rings (SSSR count). The van der Waals surface area contributed by atoms with Crippen molar-refractivity contribution in [1.29, 1.82) is 0 Å². The molecule has 0 heterocycles. The molecule has 0 aliphatic heterocycles. The van der Waals surface area contributed by atoms with Crippen LogP contribution in [0.25, 0.3) is 0 Å². The topological polar surface area (TPSA) is 23.5 Å². The van der Waals surface area contributed by atoms with E-state index in [1.807, 2.05) is 18.7 Å². The third-order valence-corrected chi connectivity index (χ3v) is 2.84. The Morgan fingerprint density at radius 1 is 1.31 bits per heavy atom. The van der Waals surface area contributed by atoms with Crippen molar-refractivity contribution in [3.63, 3.8) is 0 Å². The van der Waals surface area contributed by atoms with E-state index in [1.54, 1.807) is 7.05 Å². The Hall–Kier alpha value is -1.00. The van der Waals surface area contributed by atoms with E-state index < -0.39 is 17.2 Å². The highest BCUT2D eigenvalue weighted by molar-refractivity contribution is 5.18. The van der Waals surface area contributed by atoms with E-state index in [2.05, 4.69) is 0 Å². The van der Waals surface area contributed by atoms with E-state index in [4.69, 9.17) is 5.11 Å². The van der Waals surface area contributed by atoms with Gasteiger partial charge in [-0.1, -0.05) is 6.07 Å². The van der Waals surface area contributed by atoms with Crippen LogP contribution in [0.2, 0.25) is 0 Å². The van der Waals surface area contributed by atoms with Crippen molar-refractivity contribution < 1.29 is 13.9 Å². The average Bonchev–Trinajstić information content (AvgIpc) is 2.22. The molecule has 90 valence electrons. The molecular weight excluding hydrogens is 212 g/mol. The van der Waals surface area contributed by atoms with Gasteiger partial charge in [0.15, 0.2) is 0 Å². The lowest BCUT2D eigenvalue weighted by Gasteiger charge is -2.33. The van der Waals surface area contributed by atoms with Gasteiger partial charge < -0.3 is 5.11 Å². The first-order valence-electron chi connectivity index (χ1n) is 5.13. The van der Waals surface area contributed by atoms with E-state index >= 15 is 0 Å². The molecule has 0 radical (unpaired) electrons. The second-order valence-corrected chi connectivity index (χ2v) is 4.56. The van der Waals surface area contributed by atoms with Crippen molar-refractivity contribution in [3.05, 3.63) is 35.4 Å². The van der Waals surface area contributed by atoms with Gasteiger partial charge in [-0.2, -0.15) is 0 Å². The average molecular weight is 229 g/mol. The highest BCUT2D eigenvalue weighted by atomic mass is 19.1. The van der Waals surface area contributed by atoms with Crippen molar-refractivity contribution in [2.24, 2.45) is 0 Å². The fraction of sp³-hybridized carbons (Fsp3) is 0.500. The zero-order chi connectivity index (χ0) is 12.3. The lowest BCUT2D eigenvalue weighted by atomic mass is 10.0. The largest absolute Gasteiger partial charge is 0.394 e. The van der Waals surface area contributed by atoms with Crippen LogP contribution < -0.4 is 0 Å². The third-order valence-electron chi connectivity index (χ3n) is 2.84. The van der Waals surface area contributed by atoms with Crippen LogP contribution >= 0.6 is 0 Å². The monoisotopic (exact) mass is 229 g/mol. The van der Waals surface area contributed by atoms with Gasteiger partial charge in [-0.3, -0.25) is 4.90 Å². The summed E-state index contributed by atoms with van der Waals surface area (Å²) in [5.74, 6) is -1.13. The van der Waals surface area contributed by atoms with E-state index in [9.17, 15) is 8.78 Å². The Balaban J connectivity index is 2.81. The van der Waals surface area contributed by atoms with E-state index in [0.717, 1.165) is 6.07 Å². The molecule has 2 nitrogen and oxygen atoms in total. The van der Waals surface area contributed by atoms with Crippen LogP contribution in [0.1, 0.15) is 19.4 Å².